The smallest absolute Gasteiger partial charge is 0.358 e. The van der Waals surface area contributed by atoms with Gasteiger partial charge in [0.2, 0.25) is 5.16 Å². The van der Waals surface area contributed by atoms with Gasteiger partial charge in [-0.2, -0.15) is 0 Å². The first-order valence-electron chi connectivity index (χ1n) is 6.78. The Kier molecular flexibility index (Phi) is 4.13. The molecule has 2 heterocycles. The third kappa shape index (κ3) is 3.20. The van der Waals surface area contributed by atoms with Crippen LogP contribution in [0, 0.1) is 0 Å². The molecule has 1 aliphatic carbocycles. The lowest BCUT2D eigenvalue weighted by Crippen LogP contribution is -2.09. The van der Waals surface area contributed by atoms with Gasteiger partial charge in [0.25, 0.3) is 0 Å². The van der Waals surface area contributed by atoms with E-state index < -0.39 is 5.97 Å². The molecule has 112 valence electrons. The van der Waals surface area contributed by atoms with Crippen LogP contribution in [0.1, 0.15) is 42.2 Å². The van der Waals surface area contributed by atoms with Crippen LogP contribution in [0.2, 0.25) is 0 Å². The number of nitrogens with zero attached hydrogens (tertiary/aromatic N) is 7. The number of aromatic nitrogens is 7. The summed E-state index contributed by atoms with van der Waals surface area (Å²) in [5, 5.41) is 28.8. The summed E-state index contributed by atoms with van der Waals surface area (Å²) in [6, 6.07) is 0.410. The number of carboxylic acid groups (broad SMARTS) is 1. The van der Waals surface area contributed by atoms with Crippen molar-refractivity contribution in [1.82, 2.24) is 35.2 Å². The molecular formula is C11H15N7O2S. The van der Waals surface area contributed by atoms with E-state index in [9.17, 15) is 4.79 Å². The number of rotatable bonds is 6. The first-order chi connectivity index (χ1) is 10.2. The van der Waals surface area contributed by atoms with Crippen molar-refractivity contribution in [2.24, 2.45) is 0 Å². The Bertz CT molecular complexity index is 620. The van der Waals surface area contributed by atoms with Gasteiger partial charge in [-0.25, -0.2) is 9.48 Å². The van der Waals surface area contributed by atoms with Gasteiger partial charge in [-0.3, -0.25) is 4.68 Å². The zero-order valence-electron chi connectivity index (χ0n) is 11.3. The van der Waals surface area contributed by atoms with Crippen LogP contribution in [-0.2, 0) is 6.54 Å². The summed E-state index contributed by atoms with van der Waals surface area (Å²) in [5.74, 6) is -0.366. The lowest BCUT2D eigenvalue weighted by molar-refractivity contribution is 0.0690. The predicted molar refractivity (Wildman–Crippen MR) is 73.0 cm³/mol. The first kappa shape index (κ1) is 14.0. The Hall–Kier alpha value is -1.97. The van der Waals surface area contributed by atoms with Crippen molar-refractivity contribution in [3.05, 3.63) is 11.9 Å². The van der Waals surface area contributed by atoms with Crippen molar-refractivity contribution in [3.63, 3.8) is 0 Å². The van der Waals surface area contributed by atoms with E-state index in [2.05, 4.69) is 25.8 Å². The van der Waals surface area contributed by atoms with Crippen LogP contribution < -0.4 is 0 Å². The summed E-state index contributed by atoms with van der Waals surface area (Å²) in [6.45, 7) is 0.558. The molecule has 0 bridgehead atoms. The number of tetrazole rings is 1. The SMILES string of the molecule is O=C(O)c1cn(CCSc2nnnn2C2CCCC2)nn1. The Morgan fingerprint density at radius 1 is 1.33 bits per heavy atom. The number of hydrogen-bond donors (Lipinski definition) is 1. The minimum atomic E-state index is -1.07. The van der Waals surface area contributed by atoms with Gasteiger partial charge < -0.3 is 5.11 Å². The highest BCUT2D eigenvalue weighted by Gasteiger charge is 2.21. The molecule has 1 saturated carbocycles. The number of carboxylic acids is 1. The van der Waals surface area contributed by atoms with Crippen molar-refractivity contribution < 1.29 is 9.90 Å². The second-order valence-electron chi connectivity index (χ2n) is 4.86. The maximum atomic E-state index is 10.7. The van der Waals surface area contributed by atoms with Crippen LogP contribution >= 0.6 is 11.8 Å². The van der Waals surface area contributed by atoms with Crippen molar-refractivity contribution in [3.8, 4) is 0 Å². The molecule has 0 amide bonds. The van der Waals surface area contributed by atoms with Gasteiger partial charge in [-0.1, -0.05) is 29.8 Å². The summed E-state index contributed by atoms with van der Waals surface area (Å²) in [7, 11) is 0. The molecule has 9 nitrogen and oxygen atoms in total. The fraction of sp³-hybridized carbons (Fsp3) is 0.636. The van der Waals surface area contributed by atoms with Crippen LogP contribution in [0.5, 0.6) is 0 Å². The summed E-state index contributed by atoms with van der Waals surface area (Å²) >= 11 is 1.54. The maximum absolute atomic E-state index is 10.7. The normalized spacial score (nSPS) is 15.6. The molecule has 0 atom stereocenters. The number of thioether (sulfide) groups is 1. The van der Waals surface area contributed by atoms with Gasteiger partial charge in [0.05, 0.1) is 18.8 Å². The number of carbonyl (C=O) groups is 1. The average molecular weight is 309 g/mol. The third-order valence-electron chi connectivity index (χ3n) is 3.44. The Morgan fingerprint density at radius 3 is 2.86 bits per heavy atom. The van der Waals surface area contributed by atoms with E-state index in [1.165, 1.54) is 23.7 Å². The van der Waals surface area contributed by atoms with Crippen LogP contribution in [0.25, 0.3) is 0 Å². The van der Waals surface area contributed by atoms with Crippen molar-refractivity contribution in [2.75, 3.05) is 5.75 Å². The van der Waals surface area contributed by atoms with Gasteiger partial charge >= 0.3 is 5.97 Å². The Labute approximate surface area is 124 Å². The van der Waals surface area contributed by atoms with E-state index in [1.54, 1.807) is 11.8 Å². The van der Waals surface area contributed by atoms with Crippen LogP contribution in [0.3, 0.4) is 0 Å². The van der Waals surface area contributed by atoms with E-state index in [0.29, 0.717) is 18.3 Å². The van der Waals surface area contributed by atoms with Crippen molar-refractivity contribution >= 4 is 17.7 Å². The molecule has 1 aliphatic rings. The topological polar surface area (TPSA) is 112 Å². The van der Waals surface area contributed by atoms with Crippen LogP contribution in [-0.4, -0.2) is 52.0 Å². The predicted octanol–water partition coefficient (Wildman–Crippen LogP) is 0.870. The standard InChI is InChI=1S/C11H15N7O2S/c19-10(20)9-7-17(15-12-9)5-6-21-11-13-14-16-18(11)8-3-1-2-4-8/h7-8H,1-6H2,(H,19,20). The Balaban J connectivity index is 1.55. The quantitative estimate of drug-likeness (QED) is 0.782. The van der Waals surface area contributed by atoms with E-state index in [0.717, 1.165) is 18.0 Å². The third-order valence-corrected chi connectivity index (χ3v) is 4.36. The minimum Gasteiger partial charge on any atom is -0.476 e. The molecule has 3 rings (SSSR count). The van der Waals surface area contributed by atoms with Gasteiger partial charge in [0.1, 0.15) is 0 Å². The zero-order chi connectivity index (χ0) is 14.7. The number of hydrogen-bond acceptors (Lipinski definition) is 7. The summed E-state index contributed by atoms with van der Waals surface area (Å²) in [4.78, 5) is 10.7. The van der Waals surface area contributed by atoms with E-state index in [4.69, 9.17) is 5.11 Å². The van der Waals surface area contributed by atoms with E-state index in [1.807, 2.05) is 4.68 Å². The van der Waals surface area contributed by atoms with E-state index in [-0.39, 0.29) is 5.69 Å². The fourth-order valence-corrected chi connectivity index (χ4v) is 3.27. The molecule has 1 N–H and O–H groups in total. The van der Waals surface area contributed by atoms with Crippen LogP contribution in [0.4, 0.5) is 0 Å². The summed E-state index contributed by atoms with van der Waals surface area (Å²) < 4.78 is 3.42. The summed E-state index contributed by atoms with van der Waals surface area (Å²) in [5.41, 5.74) is -0.0456. The monoisotopic (exact) mass is 309 g/mol. The number of aromatic carboxylic acids is 1. The summed E-state index contributed by atoms with van der Waals surface area (Å²) in [6.07, 6.45) is 6.13. The highest BCUT2D eigenvalue weighted by molar-refractivity contribution is 7.99. The number of aryl methyl sites for hydroxylation is 1. The molecule has 21 heavy (non-hydrogen) atoms. The Morgan fingerprint density at radius 2 is 2.14 bits per heavy atom. The molecule has 0 aromatic carbocycles. The molecule has 0 radical (unpaired) electrons. The molecule has 0 aliphatic heterocycles. The van der Waals surface area contributed by atoms with Gasteiger partial charge in [-0.15, -0.1) is 10.2 Å². The molecular weight excluding hydrogens is 294 g/mol. The molecule has 2 aromatic rings. The average Bonchev–Trinajstić information content (AvgIpc) is 3.20. The largest absolute Gasteiger partial charge is 0.476 e. The second kappa shape index (κ2) is 6.20. The molecule has 10 heteroatoms. The highest BCUT2D eigenvalue weighted by Crippen LogP contribution is 2.31. The minimum absolute atomic E-state index is 0.0456. The lowest BCUT2D eigenvalue weighted by Gasteiger charge is -2.10. The van der Waals surface area contributed by atoms with Crippen LogP contribution in [0.15, 0.2) is 11.4 Å². The van der Waals surface area contributed by atoms with Gasteiger partial charge in [0, 0.05) is 5.75 Å². The molecule has 0 unspecified atom stereocenters. The zero-order valence-corrected chi connectivity index (χ0v) is 12.1. The maximum Gasteiger partial charge on any atom is 0.358 e. The van der Waals surface area contributed by atoms with Crippen molar-refractivity contribution in [2.45, 2.75) is 43.4 Å². The molecule has 0 spiro atoms. The van der Waals surface area contributed by atoms with Crippen molar-refractivity contribution in [1.29, 1.82) is 0 Å². The van der Waals surface area contributed by atoms with E-state index >= 15 is 0 Å². The second-order valence-corrected chi connectivity index (χ2v) is 5.93. The molecule has 0 saturated heterocycles. The molecule has 2 aromatic heterocycles. The van der Waals surface area contributed by atoms with Gasteiger partial charge in [0.15, 0.2) is 5.69 Å². The fourth-order valence-electron chi connectivity index (χ4n) is 2.39. The highest BCUT2D eigenvalue weighted by atomic mass is 32.2. The molecule has 1 fully saturated rings. The first-order valence-corrected chi connectivity index (χ1v) is 7.76. The van der Waals surface area contributed by atoms with Gasteiger partial charge in [-0.05, 0) is 23.3 Å². The lowest BCUT2D eigenvalue weighted by atomic mass is 10.3.